The molecule has 8 heteroatoms. The fourth-order valence-corrected chi connectivity index (χ4v) is 6.28. The highest BCUT2D eigenvalue weighted by atomic mass is 16.6. The highest BCUT2D eigenvalue weighted by molar-refractivity contribution is 5.87. The van der Waals surface area contributed by atoms with E-state index in [1.54, 1.807) is 36.7 Å². The van der Waals surface area contributed by atoms with Crippen molar-refractivity contribution in [3.63, 3.8) is 0 Å². The standard InChI is InChI=1S/C39H26N4O4/c44-42(45)33-21-9-27(10-22-33)25-40-31-17-13-29(14-18-31)39(37-7-3-1-5-35(37)36-6-2-4-8-38(36)39)30-15-19-32(20-16-30)41-26-28-11-23-34(24-12-28)43(46)47/h1-26H. The van der Waals surface area contributed by atoms with E-state index in [4.69, 9.17) is 0 Å². The van der Waals surface area contributed by atoms with Crippen LogP contribution in [0.3, 0.4) is 0 Å². The highest BCUT2D eigenvalue weighted by Gasteiger charge is 2.45. The first-order chi connectivity index (χ1) is 22.9. The number of nitro groups is 2. The fourth-order valence-electron chi connectivity index (χ4n) is 6.28. The minimum atomic E-state index is -0.589. The van der Waals surface area contributed by atoms with E-state index < -0.39 is 15.3 Å². The highest BCUT2D eigenvalue weighted by Crippen LogP contribution is 2.56. The molecule has 6 aromatic carbocycles. The summed E-state index contributed by atoms with van der Waals surface area (Å²) >= 11 is 0. The Morgan fingerprint density at radius 2 is 0.830 bits per heavy atom. The molecule has 0 saturated carbocycles. The fraction of sp³-hybridized carbons (Fsp3) is 0.0256. The Morgan fingerprint density at radius 3 is 1.19 bits per heavy atom. The summed E-state index contributed by atoms with van der Waals surface area (Å²) in [5, 5.41) is 22.0. The normalized spacial score (nSPS) is 13.0. The molecule has 0 fully saturated rings. The third kappa shape index (κ3) is 5.38. The van der Waals surface area contributed by atoms with Crippen molar-refractivity contribution in [2.24, 2.45) is 9.98 Å². The summed E-state index contributed by atoms with van der Waals surface area (Å²) in [6, 6.07) is 46.0. The number of nitrogens with zero attached hydrogens (tertiary/aromatic N) is 4. The van der Waals surface area contributed by atoms with Crippen molar-refractivity contribution in [1.29, 1.82) is 0 Å². The van der Waals surface area contributed by atoms with Gasteiger partial charge < -0.3 is 0 Å². The van der Waals surface area contributed by atoms with Crippen molar-refractivity contribution < 1.29 is 9.85 Å². The summed E-state index contributed by atoms with van der Waals surface area (Å²) in [6.45, 7) is 0. The van der Waals surface area contributed by atoms with E-state index in [9.17, 15) is 20.2 Å². The van der Waals surface area contributed by atoms with Crippen LogP contribution in [0.1, 0.15) is 33.4 Å². The lowest BCUT2D eigenvalue weighted by Crippen LogP contribution is -2.28. The molecule has 0 saturated heterocycles. The quantitative estimate of drug-likeness (QED) is 0.0964. The van der Waals surface area contributed by atoms with Gasteiger partial charge in [-0.15, -0.1) is 0 Å². The lowest BCUT2D eigenvalue weighted by molar-refractivity contribution is -0.385. The summed E-state index contributed by atoms with van der Waals surface area (Å²) in [7, 11) is 0. The molecule has 0 unspecified atom stereocenters. The van der Waals surface area contributed by atoms with E-state index >= 15 is 0 Å². The average Bonchev–Trinajstić information content (AvgIpc) is 3.42. The molecule has 0 atom stereocenters. The molecule has 1 aliphatic rings. The predicted octanol–water partition coefficient (Wildman–Crippen LogP) is 9.37. The van der Waals surface area contributed by atoms with Gasteiger partial charge in [0.05, 0.1) is 26.6 Å². The molecule has 0 heterocycles. The lowest BCUT2D eigenvalue weighted by Gasteiger charge is -2.34. The number of fused-ring (bicyclic) bond motifs is 3. The molecule has 0 N–H and O–H groups in total. The second kappa shape index (κ2) is 12.1. The first kappa shape index (κ1) is 29.2. The number of rotatable bonds is 8. The van der Waals surface area contributed by atoms with Gasteiger partial charge in [-0.2, -0.15) is 0 Å². The van der Waals surface area contributed by atoms with Crippen LogP contribution in [0.15, 0.2) is 156 Å². The molecule has 7 rings (SSSR count). The summed E-state index contributed by atoms with van der Waals surface area (Å²) in [4.78, 5) is 30.4. The third-order valence-corrected chi connectivity index (χ3v) is 8.49. The molecule has 0 aliphatic heterocycles. The maximum absolute atomic E-state index is 11.0. The first-order valence-corrected chi connectivity index (χ1v) is 14.9. The van der Waals surface area contributed by atoms with Gasteiger partial charge in [0.25, 0.3) is 11.4 Å². The average molecular weight is 615 g/mol. The van der Waals surface area contributed by atoms with E-state index in [0.717, 1.165) is 33.6 Å². The van der Waals surface area contributed by atoms with Crippen LogP contribution in [0, 0.1) is 20.2 Å². The van der Waals surface area contributed by atoms with Gasteiger partial charge in [-0.1, -0.05) is 72.8 Å². The third-order valence-electron chi connectivity index (χ3n) is 8.49. The topological polar surface area (TPSA) is 111 Å². The molecule has 226 valence electrons. The van der Waals surface area contributed by atoms with E-state index in [1.165, 1.54) is 46.5 Å². The summed E-state index contributed by atoms with van der Waals surface area (Å²) in [5.74, 6) is 0. The number of benzene rings is 6. The van der Waals surface area contributed by atoms with Gasteiger partial charge in [-0.25, -0.2) is 0 Å². The molecule has 1 aliphatic carbocycles. The van der Waals surface area contributed by atoms with Crippen molar-refractivity contribution in [3.8, 4) is 11.1 Å². The molecule has 0 bridgehead atoms. The molecule has 0 amide bonds. The molecule has 0 spiro atoms. The van der Waals surface area contributed by atoms with E-state index in [2.05, 4.69) is 82.8 Å². The van der Waals surface area contributed by atoms with Gasteiger partial charge in [0.1, 0.15) is 0 Å². The van der Waals surface area contributed by atoms with Crippen LogP contribution in [0.4, 0.5) is 22.7 Å². The van der Waals surface area contributed by atoms with Gasteiger partial charge >= 0.3 is 0 Å². The Kier molecular flexibility index (Phi) is 7.51. The van der Waals surface area contributed by atoms with Crippen molar-refractivity contribution in [2.45, 2.75) is 5.41 Å². The van der Waals surface area contributed by atoms with Gasteiger partial charge in [-0.3, -0.25) is 30.2 Å². The van der Waals surface area contributed by atoms with Crippen LogP contribution in [-0.2, 0) is 5.41 Å². The number of hydrogen-bond donors (Lipinski definition) is 0. The molecule has 47 heavy (non-hydrogen) atoms. The zero-order chi connectivity index (χ0) is 32.4. The van der Waals surface area contributed by atoms with Crippen LogP contribution < -0.4 is 0 Å². The van der Waals surface area contributed by atoms with E-state index in [0.29, 0.717) is 0 Å². The number of nitro benzene ring substituents is 2. The van der Waals surface area contributed by atoms with Crippen LogP contribution >= 0.6 is 0 Å². The maximum Gasteiger partial charge on any atom is 0.269 e. The van der Waals surface area contributed by atoms with Crippen molar-refractivity contribution >= 4 is 35.2 Å². The zero-order valence-electron chi connectivity index (χ0n) is 24.9. The first-order valence-electron chi connectivity index (χ1n) is 14.9. The SMILES string of the molecule is O=[N+]([O-])c1ccc(C=Nc2ccc(C3(c4ccc(N=Cc5ccc([N+](=O)[O-])cc5)cc4)c4ccccc4-c4ccccc43)cc2)cc1. The Hall–Kier alpha value is -6.54. The number of non-ortho nitro benzene ring substituents is 2. The lowest BCUT2D eigenvalue weighted by atomic mass is 9.67. The van der Waals surface area contributed by atoms with Crippen molar-refractivity contribution in [3.05, 3.63) is 199 Å². The minimum Gasteiger partial charge on any atom is -0.258 e. The summed E-state index contributed by atoms with van der Waals surface area (Å²) in [6.07, 6.45) is 3.40. The summed E-state index contributed by atoms with van der Waals surface area (Å²) in [5.41, 5.74) is 9.47. The Labute approximate surface area is 270 Å². The number of aliphatic imine (C=N–C) groups is 2. The van der Waals surface area contributed by atoms with E-state index in [1.807, 2.05) is 24.3 Å². The minimum absolute atomic E-state index is 0.0400. The van der Waals surface area contributed by atoms with Gasteiger partial charge in [0, 0.05) is 36.7 Å². The molecule has 0 radical (unpaired) electrons. The monoisotopic (exact) mass is 614 g/mol. The molecule has 6 aromatic rings. The van der Waals surface area contributed by atoms with Gasteiger partial charge in [0.15, 0.2) is 0 Å². The molecular formula is C39H26N4O4. The second-order valence-electron chi connectivity index (χ2n) is 11.1. The van der Waals surface area contributed by atoms with Gasteiger partial charge in [-0.05, 0) is 93.0 Å². The Morgan fingerprint density at radius 1 is 0.468 bits per heavy atom. The molecule has 8 nitrogen and oxygen atoms in total. The van der Waals surface area contributed by atoms with Crippen molar-refractivity contribution in [2.75, 3.05) is 0 Å². The van der Waals surface area contributed by atoms with Crippen LogP contribution in [-0.4, -0.2) is 22.3 Å². The largest absolute Gasteiger partial charge is 0.269 e. The summed E-state index contributed by atoms with van der Waals surface area (Å²) < 4.78 is 0. The Balaban J connectivity index is 1.27. The smallest absolute Gasteiger partial charge is 0.258 e. The van der Waals surface area contributed by atoms with Crippen molar-refractivity contribution in [1.82, 2.24) is 0 Å². The Bertz CT molecular complexity index is 2010. The van der Waals surface area contributed by atoms with Crippen LogP contribution in [0.2, 0.25) is 0 Å². The van der Waals surface area contributed by atoms with Crippen LogP contribution in [0.25, 0.3) is 11.1 Å². The van der Waals surface area contributed by atoms with Crippen LogP contribution in [0.5, 0.6) is 0 Å². The zero-order valence-corrected chi connectivity index (χ0v) is 24.9. The predicted molar refractivity (Wildman–Crippen MR) is 184 cm³/mol. The second-order valence-corrected chi connectivity index (χ2v) is 11.1. The van der Waals surface area contributed by atoms with Gasteiger partial charge in [0.2, 0.25) is 0 Å². The molecular weight excluding hydrogens is 588 g/mol. The maximum atomic E-state index is 11.0. The van der Waals surface area contributed by atoms with E-state index in [-0.39, 0.29) is 11.4 Å². The number of hydrogen-bond acceptors (Lipinski definition) is 6. The molecule has 0 aromatic heterocycles.